The van der Waals surface area contributed by atoms with Gasteiger partial charge in [-0.2, -0.15) is 0 Å². The molecule has 7 nitrogen and oxygen atoms in total. The van der Waals surface area contributed by atoms with Crippen LogP contribution in [0.4, 0.5) is 5.69 Å². The Morgan fingerprint density at radius 2 is 1.60 bits per heavy atom. The minimum absolute atomic E-state index is 0.0539. The molecule has 2 aromatic carbocycles. The molecule has 0 aliphatic carbocycles. The third-order valence-corrected chi connectivity index (χ3v) is 7.95. The third-order valence-electron chi connectivity index (χ3n) is 5.57. The molecule has 0 heterocycles. The number of hydrogen-bond acceptors (Lipinski definition) is 4. The summed E-state index contributed by atoms with van der Waals surface area (Å²) >= 11 is 16.1. The van der Waals surface area contributed by atoms with Crippen LogP contribution in [0, 0.1) is 0 Å². The summed E-state index contributed by atoms with van der Waals surface area (Å²) in [6.07, 6.45) is 2.07. The summed E-state index contributed by atoms with van der Waals surface area (Å²) in [5.41, 5.74) is 0.811. The highest BCUT2D eigenvalue weighted by Gasteiger charge is 2.32. The van der Waals surface area contributed by atoms with Gasteiger partial charge >= 0.3 is 0 Å². The van der Waals surface area contributed by atoms with Gasteiger partial charge in [-0.05, 0) is 56.2 Å². The van der Waals surface area contributed by atoms with E-state index in [1.165, 1.54) is 4.90 Å². The van der Waals surface area contributed by atoms with Gasteiger partial charge in [0.15, 0.2) is 0 Å². The number of amides is 2. The zero-order valence-corrected chi connectivity index (χ0v) is 24.0. The van der Waals surface area contributed by atoms with Gasteiger partial charge in [0.25, 0.3) is 0 Å². The Morgan fingerprint density at radius 1 is 1.03 bits per heavy atom. The van der Waals surface area contributed by atoms with Crippen molar-refractivity contribution in [3.8, 4) is 0 Å². The van der Waals surface area contributed by atoms with Gasteiger partial charge in [-0.3, -0.25) is 13.9 Å². The molecule has 2 aromatic rings. The van der Waals surface area contributed by atoms with E-state index in [4.69, 9.17) is 23.2 Å². The van der Waals surface area contributed by atoms with Crippen LogP contribution in [0.15, 0.2) is 46.9 Å². The highest BCUT2D eigenvalue weighted by atomic mass is 79.9. The van der Waals surface area contributed by atoms with E-state index in [-0.39, 0.29) is 18.5 Å². The summed E-state index contributed by atoms with van der Waals surface area (Å²) in [4.78, 5) is 28.2. The monoisotopic (exact) mass is 605 g/mol. The molecule has 11 heteroatoms. The van der Waals surface area contributed by atoms with Gasteiger partial charge in [0.1, 0.15) is 12.6 Å². The van der Waals surface area contributed by atoms with Crippen LogP contribution < -0.4 is 9.62 Å². The van der Waals surface area contributed by atoms with E-state index in [0.29, 0.717) is 27.7 Å². The Bertz CT molecular complexity index is 1130. The van der Waals surface area contributed by atoms with Crippen molar-refractivity contribution in [1.82, 2.24) is 10.2 Å². The zero-order valence-electron chi connectivity index (χ0n) is 20.1. The molecule has 2 rings (SSSR count). The lowest BCUT2D eigenvalue weighted by Gasteiger charge is -2.33. The van der Waals surface area contributed by atoms with Crippen LogP contribution in [0.1, 0.15) is 39.2 Å². The molecule has 1 N–H and O–H groups in total. The molecule has 2 atom stereocenters. The second kappa shape index (κ2) is 12.9. The fourth-order valence-electron chi connectivity index (χ4n) is 3.44. The van der Waals surface area contributed by atoms with Crippen molar-refractivity contribution in [3.63, 3.8) is 0 Å². The fraction of sp³-hybridized carbons (Fsp3) is 0.417. The van der Waals surface area contributed by atoms with Crippen LogP contribution in [-0.4, -0.2) is 50.0 Å². The predicted octanol–water partition coefficient (Wildman–Crippen LogP) is 5.24. The van der Waals surface area contributed by atoms with Gasteiger partial charge in [-0.1, -0.05) is 59.0 Å². The molecule has 192 valence electrons. The molecular formula is C24H30BrCl2N3O4S. The van der Waals surface area contributed by atoms with E-state index in [9.17, 15) is 18.0 Å². The first-order chi connectivity index (χ1) is 16.4. The summed E-state index contributed by atoms with van der Waals surface area (Å²) < 4.78 is 27.0. The molecule has 0 bridgehead atoms. The van der Waals surface area contributed by atoms with Gasteiger partial charge in [0, 0.05) is 32.7 Å². The molecule has 0 saturated carbocycles. The smallest absolute Gasteiger partial charge is 0.244 e. The Balaban J connectivity index is 2.49. The predicted molar refractivity (Wildman–Crippen MR) is 145 cm³/mol. The standard InChI is InChI=1S/C24H30BrCl2N3O4S/c1-5-16(3)28-24(32)22(6-2)29(14-19-20(26)8-7-9-21(19)27)23(31)15-30(35(4,33)34)18-12-10-17(25)11-13-18/h7-13,16,22H,5-6,14-15H2,1-4H3,(H,28,32)/t16-,22+/m0/s1. The lowest BCUT2D eigenvalue weighted by Crippen LogP contribution is -2.53. The molecular weight excluding hydrogens is 577 g/mol. The Morgan fingerprint density at radius 3 is 2.09 bits per heavy atom. The van der Waals surface area contributed by atoms with E-state index >= 15 is 0 Å². The summed E-state index contributed by atoms with van der Waals surface area (Å²) in [5, 5.41) is 3.61. The number of nitrogens with one attached hydrogen (secondary N) is 1. The molecule has 0 saturated heterocycles. The van der Waals surface area contributed by atoms with Gasteiger partial charge in [-0.15, -0.1) is 0 Å². The van der Waals surface area contributed by atoms with E-state index < -0.39 is 28.5 Å². The Labute approximate surface area is 225 Å². The van der Waals surface area contributed by atoms with Crippen LogP contribution in [-0.2, 0) is 26.2 Å². The van der Waals surface area contributed by atoms with Crippen molar-refractivity contribution >= 4 is 66.7 Å². The topological polar surface area (TPSA) is 86.8 Å². The summed E-state index contributed by atoms with van der Waals surface area (Å²) in [7, 11) is -3.81. The second-order valence-electron chi connectivity index (χ2n) is 8.21. The van der Waals surface area contributed by atoms with Gasteiger partial charge < -0.3 is 10.2 Å². The van der Waals surface area contributed by atoms with Crippen LogP contribution in [0.3, 0.4) is 0 Å². The number of carbonyl (C=O) groups is 2. The normalized spacial score (nSPS) is 13.1. The molecule has 35 heavy (non-hydrogen) atoms. The minimum Gasteiger partial charge on any atom is -0.352 e. The summed E-state index contributed by atoms with van der Waals surface area (Å²) in [6, 6.07) is 10.6. The van der Waals surface area contributed by atoms with Gasteiger partial charge in [-0.25, -0.2) is 8.42 Å². The van der Waals surface area contributed by atoms with Crippen LogP contribution in [0.25, 0.3) is 0 Å². The number of nitrogens with zero attached hydrogens (tertiary/aromatic N) is 2. The summed E-state index contributed by atoms with van der Waals surface area (Å²) in [5.74, 6) is -0.881. The van der Waals surface area contributed by atoms with Crippen molar-refractivity contribution in [1.29, 1.82) is 0 Å². The van der Waals surface area contributed by atoms with E-state index in [1.807, 2.05) is 13.8 Å². The lowest BCUT2D eigenvalue weighted by atomic mass is 10.1. The Kier molecular flexibility index (Phi) is 10.9. The third kappa shape index (κ3) is 8.10. The zero-order chi connectivity index (χ0) is 26.3. The van der Waals surface area contributed by atoms with Crippen molar-refractivity contribution in [2.45, 2.75) is 52.2 Å². The maximum Gasteiger partial charge on any atom is 0.244 e. The Hall–Kier alpha value is -1.81. The molecule has 2 amide bonds. The van der Waals surface area contributed by atoms with Gasteiger partial charge in [0.05, 0.1) is 11.9 Å². The average Bonchev–Trinajstić information content (AvgIpc) is 2.78. The highest BCUT2D eigenvalue weighted by molar-refractivity contribution is 9.10. The molecule has 0 spiro atoms. The summed E-state index contributed by atoms with van der Waals surface area (Å²) in [6.45, 7) is 5.07. The number of carbonyl (C=O) groups excluding carboxylic acids is 2. The van der Waals surface area contributed by atoms with Crippen LogP contribution in [0.2, 0.25) is 10.0 Å². The largest absolute Gasteiger partial charge is 0.352 e. The number of hydrogen-bond donors (Lipinski definition) is 1. The first-order valence-electron chi connectivity index (χ1n) is 11.1. The molecule has 0 radical (unpaired) electrons. The number of sulfonamides is 1. The van der Waals surface area contributed by atoms with Crippen molar-refractivity contribution in [2.24, 2.45) is 0 Å². The van der Waals surface area contributed by atoms with Crippen LogP contribution in [0.5, 0.6) is 0 Å². The van der Waals surface area contributed by atoms with Gasteiger partial charge in [0.2, 0.25) is 21.8 Å². The van der Waals surface area contributed by atoms with E-state index in [0.717, 1.165) is 21.5 Å². The number of rotatable bonds is 11. The minimum atomic E-state index is -3.81. The lowest BCUT2D eigenvalue weighted by molar-refractivity contribution is -0.140. The van der Waals surface area contributed by atoms with Crippen molar-refractivity contribution in [3.05, 3.63) is 62.5 Å². The second-order valence-corrected chi connectivity index (χ2v) is 11.8. The van der Waals surface area contributed by atoms with Crippen molar-refractivity contribution < 1.29 is 18.0 Å². The number of halogens is 3. The first-order valence-corrected chi connectivity index (χ1v) is 14.5. The fourth-order valence-corrected chi connectivity index (χ4v) is 5.07. The molecule has 0 fully saturated rings. The van der Waals surface area contributed by atoms with Crippen molar-refractivity contribution in [2.75, 3.05) is 17.1 Å². The van der Waals surface area contributed by atoms with Crippen LogP contribution >= 0.6 is 39.1 Å². The molecule has 0 aliphatic rings. The average molecular weight is 607 g/mol. The molecule has 0 unspecified atom stereocenters. The van der Waals surface area contributed by atoms with E-state index in [1.54, 1.807) is 49.4 Å². The number of anilines is 1. The number of benzene rings is 2. The molecule has 0 aromatic heterocycles. The SMILES string of the molecule is CC[C@H](C(=O)N[C@@H](C)CC)N(Cc1c(Cl)cccc1Cl)C(=O)CN(c1ccc(Br)cc1)S(C)(=O)=O. The highest BCUT2D eigenvalue weighted by Crippen LogP contribution is 2.28. The first kappa shape index (κ1) is 29.4. The maximum absolute atomic E-state index is 13.7. The molecule has 0 aliphatic heterocycles. The van der Waals surface area contributed by atoms with E-state index in [2.05, 4.69) is 21.2 Å². The quantitative estimate of drug-likeness (QED) is 0.379. The maximum atomic E-state index is 13.7.